The molecule has 1 aliphatic carbocycles. The van der Waals surface area contributed by atoms with Crippen LogP contribution in [0.3, 0.4) is 0 Å². The van der Waals surface area contributed by atoms with E-state index < -0.39 is 11.5 Å². The number of rotatable bonds is 11. The van der Waals surface area contributed by atoms with Crippen molar-refractivity contribution in [1.29, 1.82) is 0 Å². The van der Waals surface area contributed by atoms with Gasteiger partial charge in [-0.05, 0) is 70.8 Å². The van der Waals surface area contributed by atoms with Crippen LogP contribution in [0.4, 0.5) is 13.6 Å². The molecule has 5 rings (SSSR count). The standard InChI is InChI=1S/C32H46F2N4O4/c1-22(2)38-30(41)37(17-7-19-42-3)29(40)31(38)20-25-10-11-26(21-31)36(25)18-14-27(23-8-5-4-6-9-23)35-28(39)24-12-15-32(33,34)16-13-24/h4-6,8-9,22,24-27H,7,10-21H2,1-3H3,(H,35,39)/t25-,26?,27+,31?/m1/s1. The molecule has 1 N–H and O–H groups in total. The largest absolute Gasteiger partial charge is 0.385 e. The Morgan fingerprint density at radius 1 is 1.02 bits per heavy atom. The van der Waals surface area contributed by atoms with Crippen LogP contribution < -0.4 is 5.32 Å². The van der Waals surface area contributed by atoms with E-state index in [0.29, 0.717) is 38.8 Å². The van der Waals surface area contributed by atoms with Crippen molar-refractivity contribution >= 4 is 17.8 Å². The molecule has 42 heavy (non-hydrogen) atoms. The van der Waals surface area contributed by atoms with E-state index in [0.717, 1.165) is 24.9 Å². The van der Waals surface area contributed by atoms with Gasteiger partial charge in [-0.3, -0.25) is 19.4 Å². The number of carbonyl (C=O) groups is 3. The first-order valence-corrected chi connectivity index (χ1v) is 15.7. The molecule has 4 atom stereocenters. The van der Waals surface area contributed by atoms with Gasteiger partial charge < -0.3 is 15.0 Å². The Balaban J connectivity index is 1.27. The molecule has 10 heteroatoms. The average Bonchev–Trinajstić information content (AvgIpc) is 3.31. The van der Waals surface area contributed by atoms with Crippen molar-refractivity contribution in [1.82, 2.24) is 20.0 Å². The van der Waals surface area contributed by atoms with Crippen molar-refractivity contribution in [3.8, 4) is 0 Å². The van der Waals surface area contributed by atoms with E-state index in [1.54, 1.807) is 7.11 Å². The van der Waals surface area contributed by atoms with E-state index in [1.165, 1.54) is 4.90 Å². The number of halogens is 2. The highest BCUT2D eigenvalue weighted by molar-refractivity contribution is 6.07. The van der Waals surface area contributed by atoms with Crippen LogP contribution in [0, 0.1) is 5.92 Å². The maximum absolute atomic E-state index is 13.9. The van der Waals surface area contributed by atoms with Gasteiger partial charge in [-0.2, -0.15) is 0 Å². The molecule has 4 aliphatic rings. The molecule has 3 heterocycles. The van der Waals surface area contributed by atoms with Gasteiger partial charge in [-0.1, -0.05) is 30.3 Å². The topological polar surface area (TPSA) is 82.2 Å². The van der Waals surface area contributed by atoms with Crippen LogP contribution in [0.25, 0.3) is 0 Å². The average molecular weight is 589 g/mol. The Morgan fingerprint density at radius 3 is 2.26 bits per heavy atom. The predicted molar refractivity (Wildman–Crippen MR) is 155 cm³/mol. The molecule has 1 spiro atoms. The lowest BCUT2D eigenvalue weighted by molar-refractivity contribution is -0.138. The van der Waals surface area contributed by atoms with E-state index in [4.69, 9.17) is 4.74 Å². The van der Waals surface area contributed by atoms with Crippen LogP contribution in [-0.2, 0) is 14.3 Å². The van der Waals surface area contributed by atoms with Crippen molar-refractivity contribution < 1.29 is 27.9 Å². The summed E-state index contributed by atoms with van der Waals surface area (Å²) in [6.07, 6.45) is 4.42. The third-order valence-electron chi connectivity index (χ3n) is 9.99. The van der Waals surface area contributed by atoms with Gasteiger partial charge in [0.15, 0.2) is 0 Å². The quantitative estimate of drug-likeness (QED) is 0.286. The molecule has 3 aliphatic heterocycles. The zero-order valence-corrected chi connectivity index (χ0v) is 25.2. The number of carbonyl (C=O) groups excluding carboxylic acids is 3. The van der Waals surface area contributed by atoms with Crippen molar-refractivity contribution in [3.63, 3.8) is 0 Å². The van der Waals surface area contributed by atoms with Gasteiger partial charge in [0.25, 0.3) is 5.91 Å². The van der Waals surface area contributed by atoms with E-state index in [-0.39, 0.29) is 73.6 Å². The number of benzene rings is 1. The summed E-state index contributed by atoms with van der Waals surface area (Å²) in [7, 11) is 1.62. The number of nitrogens with one attached hydrogen (secondary N) is 1. The molecular weight excluding hydrogens is 542 g/mol. The van der Waals surface area contributed by atoms with Crippen LogP contribution in [0.5, 0.6) is 0 Å². The lowest BCUT2D eigenvalue weighted by Crippen LogP contribution is -2.61. The molecular formula is C32H46F2N4O4. The first-order valence-electron chi connectivity index (χ1n) is 15.7. The molecule has 0 radical (unpaired) electrons. The summed E-state index contributed by atoms with van der Waals surface area (Å²) in [5, 5.41) is 3.20. The van der Waals surface area contributed by atoms with E-state index >= 15 is 0 Å². The molecule has 4 fully saturated rings. The zero-order chi connectivity index (χ0) is 30.1. The van der Waals surface area contributed by atoms with Gasteiger partial charge in [-0.15, -0.1) is 0 Å². The molecule has 0 aromatic heterocycles. The highest BCUT2D eigenvalue weighted by Gasteiger charge is 2.63. The molecule has 1 saturated carbocycles. The molecule has 8 nitrogen and oxygen atoms in total. The van der Waals surface area contributed by atoms with Gasteiger partial charge >= 0.3 is 6.03 Å². The fourth-order valence-corrected chi connectivity index (χ4v) is 7.96. The highest BCUT2D eigenvalue weighted by atomic mass is 19.3. The number of fused-ring (bicyclic) bond motifs is 2. The molecule has 2 bridgehead atoms. The smallest absolute Gasteiger partial charge is 0.327 e. The van der Waals surface area contributed by atoms with Crippen LogP contribution in [0.2, 0.25) is 0 Å². The highest BCUT2D eigenvalue weighted by Crippen LogP contribution is 2.48. The summed E-state index contributed by atoms with van der Waals surface area (Å²) < 4.78 is 32.6. The molecule has 4 amide bonds. The first-order chi connectivity index (χ1) is 20.1. The minimum absolute atomic E-state index is 0.0682. The lowest BCUT2D eigenvalue weighted by atomic mass is 9.80. The third kappa shape index (κ3) is 6.07. The van der Waals surface area contributed by atoms with Crippen molar-refractivity contribution in [2.75, 3.05) is 26.8 Å². The van der Waals surface area contributed by atoms with E-state index in [9.17, 15) is 23.2 Å². The monoisotopic (exact) mass is 588 g/mol. The number of imide groups is 1. The number of piperidine rings is 1. The summed E-state index contributed by atoms with van der Waals surface area (Å²) in [4.78, 5) is 46.3. The number of ether oxygens (including phenoxy) is 1. The number of amides is 4. The van der Waals surface area contributed by atoms with Gasteiger partial charge in [0, 0.05) is 63.7 Å². The Morgan fingerprint density at radius 2 is 1.67 bits per heavy atom. The molecule has 1 aromatic rings. The van der Waals surface area contributed by atoms with Crippen LogP contribution in [-0.4, -0.2) is 88.9 Å². The number of hydrogen-bond acceptors (Lipinski definition) is 5. The Labute approximate surface area is 248 Å². The minimum atomic E-state index is -2.67. The van der Waals surface area contributed by atoms with E-state index in [1.807, 2.05) is 49.1 Å². The van der Waals surface area contributed by atoms with Crippen molar-refractivity contribution in [3.05, 3.63) is 35.9 Å². The summed E-state index contributed by atoms with van der Waals surface area (Å²) in [5.41, 5.74) is 0.193. The normalized spacial score (nSPS) is 28.7. The number of methoxy groups -OCH3 is 1. The fraction of sp³-hybridized carbons (Fsp3) is 0.719. The first kappa shape index (κ1) is 30.9. The third-order valence-corrected chi connectivity index (χ3v) is 9.99. The maximum Gasteiger partial charge on any atom is 0.327 e. The number of alkyl halides is 2. The summed E-state index contributed by atoms with van der Waals surface area (Å²) in [6, 6.07) is 9.69. The second-order valence-electron chi connectivity index (χ2n) is 13.0. The Kier molecular flexibility index (Phi) is 9.23. The zero-order valence-electron chi connectivity index (χ0n) is 25.2. The number of hydrogen-bond donors (Lipinski definition) is 1. The Bertz CT molecular complexity index is 1110. The number of urea groups is 1. The van der Waals surface area contributed by atoms with Gasteiger partial charge in [0.2, 0.25) is 11.8 Å². The predicted octanol–water partition coefficient (Wildman–Crippen LogP) is 5.13. The van der Waals surface area contributed by atoms with Crippen LogP contribution in [0.1, 0.15) is 89.7 Å². The number of nitrogens with zero attached hydrogens (tertiary/aromatic N) is 3. The summed E-state index contributed by atoms with van der Waals surface area (Å²) in [6.45, 7) is 5.58. The van der Waals surface area contributed by atoms with Gasteiger partial charge in [0.05, 0.1) is 6.04 Å². The van der Waals surface area contributed by atoms with Crippen molar-refractivity contribution in [2.24, 2.45) is 5.92 Å². The molecule has 1 aromatic carbocycles. The molecule has 3 saturated heterocycles. The van der Waals surface area contributed by atoms with Crippen molar-refractivity contribution in [2.45, 2.75) is 114 Å². The summed E-state index contributed by atoms with van der Waals surface area (Å²) >= 11 is 0. The second-order valence-corrected chi connectivity index (χ2v) is 13.0. The molecule has 2 unspecified atom stereocenters. The van der Waals surface area contributed by atoms with Gasteiger partial charge in [-0.25, -0.2) is 13.6 Å². The van der Waals surface area contributed by atoms with Gasteiger partial charge in [0.1, 0.15) is 5.54 Å². The van der Waals surface area contributed by atoms with E-state index in [2.05, 4.69) is 10.2 Å². The maximum atomic E-state index is 13.9. The molecule has 232 valence electrons. The second kappa shape index (κ2) is 12.6. The van der Waals surface area contributed by atoms with Crippen LogP contribution in [0.15, 0.2) is 30.3 Å². The Hall–Kier alpha value is -2.59. The fourth-order valence-electron chi connectivity index (χ4n) is 7.96. The van der Waals surface area contributed by atoms with Crippen LogP contribution >= 0.6 is 0 Å². The lowest BCUT2D eigenvalue weighted by Gasteiger charge is -2.48. The minimum Gasteiger partial charge on any atom is -0.385 e. The summed E-state index contributed by atoms with van der Waals surface area (Å²) in [5.74, 6) is -3.27. The SMILES string of the molecule is COCCCN1C(=O)N(C(C)C)C2(CC3CC[C@H](C2)N3CC[C@H](NC(=O)C2CCC(F)(F)CC2)c2ccccc2)C1=O.